The average molecular weight is 177 g/mol. The summed E-state index contributed by atoms with van der Waals surface area (Å²) in [7, 11) is 2.18. The molecule has 0 amide bonds. The molecule has 0 heterocycles. The summed E-state index contributed by atoms with van der Waals surface area (Å²) in [5.41, 5.74) is 5.36. The third kappa shape index (κ3) is 6.49. The monoisotopic (exact) mass is 177 g/mol. The second-order valence-corrected chi connectivity index (χ2v) is 4.92. The van der Waals surface area contributed by atoms with Crippen LogP contribution >= 0.6 is 0 Å². The van der Waals surface area contributed by atoms with Gasteiger partial charge in [0.1, 0.15) is 0 Å². The fraction of sp³-hybridized carbons (Fsp3) is 1.00. The van der Waals surface area contributed by atoms with Gasteiger partial charge in [-0.15, -0.1) is 0 Å². The van der Waals surface area contributed by atoms with Crippen LogP contribution in [0, 0.1) is 0 Å². The zero-order valence-electron chi connectivity index (χ0n) is 7.51. The van der Waals surface area contributed by atoms with E-state index in [9.17, 15) is 0 Å². The summed E-state index contributed by atoms with van der Waals surface area (Å²) >= 11 is 0. The Hall–Kier alpha value is 0.0969. The minimum absolute atomic E-state index is 0.798. The number of unbranched alkanes of at least 4 members (excludes halogenated alkanes) is 2. The van der Waals surface area contributed by atoms with E-state index in [4.69, 9.17) is 14.6 Å². The van der Waals surface area contributed by atoms with E-state index in [1.165, 1.54) is 12.8 Å². The van der Waals surface area contributed by atoms with E-state index in [2.05, 4.69) is 0 Å². The molecule has 0 unspecified atom stereocenters. The van der Waals surface area contributed by atoms with Gasteiger partial charge in [0, 0.05) is 14.2 Å². The van der Waals surface area contributed by atoms with Crippen molar-refractivity contribution in [2.24, 2.45) is 5.73 Å². The normalized spacial score (nSPS) is 10.9. The Balaban J connectivity index is 3.07. The van der Waals surface area contributed by atoms with Crippen LogP contribution in [0.1, 0.15) is 19.3 Å². The molecule has 0 aromatic carbocycles. The molecular weight excluding hydrogens is 158 g/mol. The van der Waals surface area contributed by atoms with Gasteiger partial charge in [0.2, 0.25) is 0 Å². The highest BCUT2D eigenvalue weighted by atomic mass is 28.3. The van der Waals surface area contributed by atoms with Crippen LogP contribution < -0.4 is 5.73 Å². The molecule has 0 saturated heterocycles. The van der Waals surface area contributed by atoms with Crippen molar-refractivity contribution >= 4 is 9.28 Å². The van der Waals surface area contributed by atoms with Gasteiger partial charge in [0.05, 0.1) is 0 Å². The maximum Gasteiger partial charge on any atom is 0.320 e. The Morgan fingerprint density at radius 2 is 1.73 bits per heavy atom. The van der Waals surface area contributed by atoms with E-state index < -0.39 is 9.28 Å². The van der Waals surface area contributed by atoms with Crippen LogP contribution in [-0.4, -0.2) is 30.0 Å². The Kier molecular flexibility index (Phi) is 8.27. The van der Waals surface area contributed by atoms with Crippen molar-refractivity contribution in [1.82, 2.24) is 0 Å². The third-order valence-corrected chi connectivity index (χ3v) is 3.60. The second-order valence-electron chi connectivity index (χ2n) is 2.54. The zero-order chi connectivity index (χ0) is 8.53. The van der Waals surface area contributed by atoms with Crippen molar-refractivity contribution in [2.45, 2.75) is 25.3 Å². The molecule has 0 atom stereocenters. The van der Waals surface area contributed by atoms with Gasteiger partial charge < -0.3 is 14.6 Å². The largest absolute Gasteiger partial charge is 0.400 e. The molecule has 4 heteroatoms. The Morgan fingerprint density at radius 3 is 2.18 bits per heavy atom. The number of hydrogen-bond donors (Lipinski definition) is 1. The first-order valence-electron chi connectivity index (χ1n) is 4.10. The van der Waals surface area contributed by atoms with Crippen LogP contribution in [0.3, 0.4) is 0 Å². The lowest BCUT2D eigenvalue weighted by Crippen LogP contribution is -2.18. The summed E-state index contributed by atoms with van der Waals surface area (Å²) in [5, 5.41) is 0. The molecule has 0 aliphatic heterocycles. The summed E-state index contributed by atoms with van der Waals surface area (Å²) < 4.78 is 10.3. The lowest BCUT2D eigenvalue weighted by atomic mass is 10.2. The highest BCUT2D eigenvalue weighted by Gasteiger charge is 2.07. The second kappa shape index (κ2) is 8.20. The minimum atomic E-state index is -1.28. The van der Waals surface area contributed by atoms with Gasteiger partial charge >= 0.3 is 9.28 Å². The number of nitrogens with two attached hydrogens (primary N) is 1. The Bertz CT molecular complexity index is 78.8. The number of hydrogen-bond acceptors (Lipinski definition) is 3. The van der Waals surface area contributed by atoms with Crippen molar-refractivity contribution in [1.29, 1.82) is 0 Å². The van der Waals surface area contributed by atoms with Gasteiger partial charge in [-0.3, -0.25) is 0 Å². The molecule has 0 spiro atoms. The first-order valence-corrected chi connectivity index (χ1v) is 5.86. The zero-order valence-corrected chi connectivity index (χ0v) is 8.66. The SMILES string of the molecule is CO[SiH](CCCCCN)OC. The van der Waals surface area contributed by atoms with Gasteiger partial charge in [-0.25, -0.2) is 0 Å². The average Bonchev–Trinajstić information content (AvgIpc) is 2.05. The summed E-state index contributed by atoms with van der Waals surface area (Å²) in [6.07, 6.45) is 3.51. The van der Waals surface area contributed by atoms with Crippen LogP contribution in [0.5, 0.6) is 0 Å². The Morgan fingerprint density at radius 1 is 1.09 bits per heavy atom. The van der Waals surface area contributed by atoms with Crippen LogP contribution in [-0.2, 0) is 8.85 Å². The maximum atomic E-state index is 5.36. The van der Waals surface area contributed by atoms with Crippen LogP contribution in [0.25, 0.3) is 0 Å². The van der Waals surface area contributed by atoms with Gasteiger partial charge in [0.15, 0.2) is 0 Å². The molecule has 68 valence electrons. The fourth-order valence-electron chi connectivity index (χ4n) is 0.964. The minimum Gasteiger partial charge on any atom is -0.400 e. The molecule has 0 radical (unpaired) electrons. The predicted molar refractivity (Wildman–Crippen MR) is 48.9 cm³/mol. The van der Waals surface area contributed by atoms with E-state index in [-0.39, 0.29) is 0 Å². The van der Waals surface area contributed by atoms with Crippen molar-refractivity contribution in [2.75, 3.05) is 20.8 Å². The van der Waals surface area contributed by atoms with E-state index in [0.717, 1.165) is 19.0 Å². The lowest BCUT2D eigenvalue weighted by molar-refractivity contribution is 0.276. The van der Waals surface area contributed by atoms with Crippen LogP contribution in [0.15, 0.2) is 0 Å². The molecule has 0 fully saturated rings. The predicted octanol–water partition coefficient (Wildman–Crippen LogP) is 0.629. The quantitative estimate of drug-likeness (QED) is 0.458. The molecule has 0 bridgehead atoms. The van der Waals surface area contributed by atoms with Crippen molar-refractivity contribution in [3.8, 4) is 0 Å². The molecule has 0 saturated carbocycles. The summed E-state index contributed by atoms with van der Waals surface area (Å²) in [4.78, 5) is 0. The van der Waals surface area contributed by atoms with E-state index in [1.54, 1.807) is 14.2 Å². The summed E-state index contributed by atoms with van der Waals surface area (Å²) in [6.45, 7) is 0.798. The van der Waals surface area contributed by atoms with Gasteiger partial charge in [-0.1, -0.05) is 12.8 Å². The highest BCUT2D eigenvalue weighted by molar-refractivity contribution is 6.44. The topological polar surface area (TPSA) is 44.5 Å². The van der Waals surface area contributed by atoms with Crippen LogP contribution in [0.4, 0.5) is 0 Å². The van der Waals surface area contributed by atoms with Crippen molar-refractivity contribution in [3.05, 3.63) is 0 Å². The Labute approximate surface area is 70.7 Å². The molecular formula is C7H19NO2Si. The fourth-order valence-corrected chi connectivity index (χ4v) is 2.25. The first kappa shape index (κ1) is 11.1. The molecule has 2 N–H and O–H groups in total. The lowest BCUT2D eigenvalue weighted by Gasteiger charge is -2.09. The van der Waals surface area contributed by atoms with E-state index >= 15 is 0 Å². The molecule has 11 heavy (non-hydrogen) atoms. The standard InChI is InChI=1S/C7H19NO2Si/c1-9-11(10-2)7-5-3-4-6-8/h11H,3-8H2,1-2H3. The molecule has 0 aromatic rings. The highest BCUT2D eigenvalue weighted by Crippen LogP contribution is 2.04. The van der Waals surface area contributed by atoms with Crippen LogP contribution in [0.2, 0.25) is 6.04 Å². The maximum absolute atomic E-state index is 5.36. The number of rotatable bonds is 7. The van der Waals surface area contributed by atoms with E-state index in [0.29, 0.717) is 0 Å². The summed E-state index contributed by atoms with van der Waals surface area (Å²) in [6, 6.07) is 1.10. The smallest absolute Gasteiger partial charge is 0.320 e. The first-order chi connectivity index (χ1) is 5.35. The van der Waals surface area contributed by atoms with Gasteiger partial charge in [-0.2, -0.15) is 0 Å². The van der Waals surface area contributed by atoms with E-state index in [1.807, 2.05) is 0 Å². The molecule has 0 aromatic heterocycles. The molecule has 0 aliphatic carbocycles. The molecule has 3 nitrogen and oxygen atoms in total. The van der Waals surface area contributed by atoms with Crippen molar-refractivity contribution in [3.63, 3.8) is 0 Å². The summed E-state index contributed by atoms with van der Waals surface area (Å²) in [5.74, 6) is 0. The van der Waals surface area contributed by atoms with Crippen molar-refractivity contribution < 1.29 is 8.85 Å². The molecule has 0 rings (SSSR count). The van der Waals surface area contributed by atoms with Gasteiger partial charge in [0.25, 0.3) is 0 Å². The van der Waals surface area contributed by atoms with Gasteiger partial charge in [-0.05, 0) is 19.0 Å². The third-order valence-electron chi connectivity index (χ3n) is 1.67. The molecule has 0 aliphatic rings.